The van der Waals surface area contributed by atoms with Crippen LogP contribution in [-0.2, 0) is 13.1 Å². The molecule has 4 nitrogen and oxygen atoms in total. The Morgan fingerprint density at radius 1 is 0.690 bits per heavy atom. The molecule has 4 aromatic rings. The van der Waals surface area contributed by atoms with Gasteiger partial charge in [-0.25, -0.2) is 0 Å². The Labute approximate surface area is 174 Å². The number of hydrogen-bond acceptors (Lipinski definition) is 2. The zero-order chi connectivity index (χ0) is 20.1. The maximum absolute atomic E-state index is 13.5. The zero-order valence-electron chi connectivity index (χ0n) is 15.6. The van der Waals surface area contributed by atoms with Crippen molar-refractivity contribution in [3.05, 3.63) is 109 Å². The molecule has 29 heavy (non-hydrogen) atoms. The summed E-state index contributed by atoms with van der Waals surface area (Å²) in [6.07, 6.45) is 11.0. The molecule has 0 aliphatic rings. The van der Waals surface area contributed by atoms with Crippen LogP contribution in [0.4, 0.5) is 8.78 Å². The molecule has 2 unspecified atom stereocenters. The molecule has 0 radical (unpaired) electrons. The van der Waals surface area contributed by atoms with Gasteiger partial charge in [-0.2, -0.15) is 0 Å². The van der Waals surface area contributed by atoms with Crippen LogP contribution in [0.1, 0.15) is 20.8 Å². The van der Waals surface area contributed by atoms with E-state index in [0.29, 0.717) is 0 Å². The maximum atomic E-state index is 13.5. The van der Waals surface area contributed by atoms with Gasteiger partial charge in [-0.3, -0.25) is 0 Å². The summed E-state index contributed by atoms with van der Waals surface area (Å²) in [6.45, 7) is 1.51. The van der Waals surface area contributed by atoms with Crippen LogP contribution >= 0.6 is 0 Å². The summed E-state index contributed by atoms with van der Waals surface area (Å²) in [6, 6.07) is 13.5. The molecule has 2 heterocycles. The average molecular weight is 457 g/mol. The number of benzene rings is 2. The normalized spacial score (nSPS) is 13.3. The molecule has 0 N–H and O–H groups in total. The van der Waals surface area contributed by atoms with E-state index in [9.17, 15) is 8.78 Å². The topological polar surface area (TPSA) is 35.6 Å². The molecule has 0 amide bonds. The van der Waals surface area contributed by atoms with E-state index in [1.165, 1.54) is 24.3 Å². The van der Waals surface area contributed by atoms with E-state index < -0.39 is 0 Å². The molecule has 0 aliphatic heterocycles. The first-order chi connectivity index (χ1) is 14.2. The second-order valence-electron chi connectivity index (χ2n) is 6.74. The molecule has 0 saturated heterocycles. The Hall–Kier alpha value is -2.76. The van der Waals surface area contributed by atoms with Crippen molar-refractivity contribution < 1.29 is 8.78 Å². The van der Waals surface area contributed by atoms with Crippen molar-refractivity contribution in [1.82, 2.24) is 19.1 Å². The molecule has 148 valence electrons. The van der Waals surface area contributed by atoms with Crippen LogP contribution in [0.5, 0.6) is 0 Å². The molecule has 0 spiro atoms. The van der Waals surface area contributed by atoms with E-state index >= 15 is 0 Å². The minimum atomic E-state index is -0.240. The summed E-state index contributed by atoms with van der Waals surface area (Å²) in [7, 11) is 0. The zero-order valence-corrected chi connectivity index (χ0v) is 17.3. The molecule has 2 aromatic heterocycles. The predicted molar refractivity (Wildman–Crippen MR) is 108 cm³/mol. The van der Waals surface area contributed by atoms with E-state index in [4.69, 9.17) is 0 Å². The van der Waals surface area contributed by atoms with Crippen LogP contribution in [0.15, 0.2) is 86.0 Å². The second kappa shape index (κ2) is 9.16. The molecule has 7 heteroatoms. The third-order valence-electron chi connectivity index (χ3n) is 4.68. The van der Waals surface area contributed by atoms with E-state index in [1.54, 1.807) is 25.0 Å². The average Bonchev–Trinajstić information content (AvgIpc) is 3.42. The third-order valence-corrected chi connectivity index (χ3v) is 7.83. The van der Waals surface area contributed by atoms with Crippen LogP contribution in [0.3, 0.4) is 0 Å². The Bertz CT molecular complexity index is 916. The first-order valence-corrected chi connectivity index (χ1v) is 11.2. The molecule has 0 aliphatic carbocycles. The SMILES string of the molecule is Fc1ccc(C(Cn2ccnc2)[Se]C(Cn2ccnc2)c2ccc(F)cc2)cc1. The Morgan fingerprint density at radius 3 is 1.45 bits per heavy atom. The minimum absolute atomic E-state index is 0.101. The first kappa shape index (κ1) is 19.6. The van der Waals surface area contributed by atoms with E-state index in [1.807, 2.05) is 36.7 Å². The Morgan fingerprint density at radius 2 is 1.10 bits per heavy atom. The van der Waals surface area contributed by atoms with Crippen molar-refractivity contribution in [1.29, 1.82) is 0 Å². The van der Waals surface area contributed by atoms with Gasteiger partial charge in [0.05, 0.1) is 0 Å². The van der Waals surface area contributed by atoms with Gasteiger partial charge in [-0.15, -0.1) is 0 Å². The fraction of sp³-hybridized carbons (Fsp3) is 0.182. The van der Waals surface area contributed by atoms with Gasteiger partial charge >= 0.3 is 174 Å². The van der Waals surface area contributed by atoms with Gasteiger partial charge in [0.2, 0.25) is 0 Å². The van der Waals surface area contributed by atoms with Crippen molar-refractivity contribution in [2.24, 2.45) is 0 Å². The molecular formula is C22H20F2N4Se. The summed E-state index contributed by atoms with van der Waals surface area (Å²) in [5.74, 6) is -0.479. The predicted octanol–water partition coefficient (Wildman–Crippen LogP) is 4.24. The third kappa shape index (κ3) is 5.19. The van der Waals surface area contributed by atoms with Crippen molar-refractivity contribution >= 4 is 15.0 Å². The molecule has 4 rings (SSSR count). The molecule has 0 saturated carbocycles. The fourth-order valence-electron chi connectivity index (χ4n) is 3.18. The quantitative estimate of drug-likeness (QED) is 0.371. The number of rotatable bonds is 8. The molecule has 2 atom stereocenters. The summed E-state index contributed by atoms with van der Waals surface area (Å²) in [4.78, 5) is 8.70. The molecule has 0 fully saturated rings. The summed E-state index contributed by atoms with van der Waals surface area (Å²) in [5.41, 5.74) is 2.19. The summed E-state index contributed by atoms with van der Waals surface area (Å²) >= 11 is 0.101. The number of aromatic nitrogens is 4. The second-order valence-corrected chi connectivity index (χ2v) is 9.69. The van der Waals surface area contributed by atoms with E-state index in [-0.39, 0.29) is 36.2 Å². The van der Waals surface area contributed by atoms with Crippen LogP contribution < -0.4 is 0 Å². The number of halogens is 2. The van der Waals surface area contributed by atoms with Crippen molar-refractivity contribution in [2.45, 2.75) is 22.7 Å². The number of hydrogen-bond donors (Lipinski definition) is 0. The van der Waals surface area contributed by atoms with Crippen LogP contribution in [-0.4, -0.2) is 34.1 Å². The van der Waals surface area contributed by atoms with Crippen LogP contribution in [0.2, 0.25) is 0 Å². The van der Waals surface area contributed by atoms with Crippen LogP contribution in [0, 0.1) is 11.6 Å². The summed E-state index contributed by atoms with van der Waals surface area (Å²) < 4.78 is 31.1. The Kier molecular flexibility index (Phi) is 6.17. The molecule has 0 bridgehead atoms. The van der Waals surface area contributed by atoms with Gasteiger partial charge in [-0.1, -0.05) is 0 Å². The van der Waals surface area contributed by atoms with Gasteiger partial charge < -0.3 is 0 Å². The van der Waals surface area contributed by atoms with Gasteiger partial charge in [0.15, 0.2) is 0 Å². The summed E-state index contributed by atoms with van der Waals surface area (Å²) in [5, 5.41) is 0. The van der Waals surface area contributed by atoms with Crippen molar-refractivity contribution in [3.8, 4) is 0 Å². The monoisotopic (exact) mass is 458 g/mol. The van der Waals surface area contributed by atoms with Crippen molar-refractivity contribution in [3.63, 3.8) is 0 Å². The molecule has 2 aromatic carbocycles. The standard InChI is InChI=1S/C22H20F2N4Se/c23-19-5-1-17(2-6-19)21(13-27-11-9-25-15-27)29-22(14-28-12-10-26-16-28)18-3-7-20(24)8-4-18/h1-12,15-16,21-22H,13-14H2. The first-order valence-electron chi connectivity index (χ1n) is 9.25. The van der Waals surface area contributed by atoms with Gasteiger partial charge in [-0.05, 0) is 0 Å². The number of imidazole rings is 2. The molecular weight excluding hydrogens is 437 g/mol. The fourth-order valence-corrected chi connectivity index (χ4v) is 6.41. The van der Waals surface area contributed by atoms with Crippen molar-refractivity contribution in [2.75, 3.05) is 0 Å². The van der Waals surface area contributed by atoms with E-state index in [0.717, 1.165) is 24.2 Å². The van der Waals surface area contributed by atoms with Gasteiger partial charge in [0.25, 0.3) is 0 Å². The number of nitrogens with zero attached hydrogens (tertiary/aromatic N) is 4. The van der Waals surface area contributed by atoms with Crippen LogP contribution in [0.25, 0.3) is 0 Å². The van der Waals surface area contributed by atoms with Gasteiger partial charge in [0, 0.05) is 0 Å². The van der Waals surface area contributed by atoms with E-state index in [2.05, 4.69) is 19.1 Å². The Balaban J connectivity index is 1.64. The van der Waals surface area contributed by atoms with Gasteiger partial charge in [0.1, 0.15) is 0 Å².